The van der Waals surface area contributed by atoms with Gasteiger partial charge in [0.05, 0.1) is 13.2 Å². The van der Waals surface area contributed by atoms with Gasteiger partial charge in [-0.25, -0.2) is 17.6 Å². The number of benzene rings is 3. The summed E-state index contributed by atoms with van der Waals surface area (Å²) in [6.07, 6.45) is 6.09. The van der Waals surface area contributed by atoms with E-state index in [1.165, 1.54) is 12.1 Å². The first-order chi connectivity index (χ1) is 17.4. The summed E-state index contributed by atoms with van der Waals surface area (Å²) in [6.45, 7) is 4.70. The molecule has 0 N–H and O–H groups in total. The van der Waals surface area contributed by atoms with Crippen LogP contribution in [0.1, 0.15) is 50.5 Å². The number of rotatable bonds is 8. The van der Waals surface area contributed by atoms with Crippen molar-refractivity contribution in [1.82, 2.24) is 0 Å². The largest absolute Gasteiger partial charge is 0.348 e. The topological polar surface area (TPSA) is 18.5 Å². The van der Waals surface area contributed by atoms with Gasteiger partial charge in [0.1, 0.15) is 0 Å². The predicted molar refractivity (Wildman–Crippen MR) is 133 cm³/mol. The zero-order valence-electron chi connectivity index (χ0n) is 20.5. The number of hydrogen-bond donors (Lipinski definition) is 0. The van der Waals surface area contributed by atoms with Crippen molar-refractivity contribution in [3.63, 3.8) is 0 Å². The summed E-state index contributed by atoms with van der Waals surface area (Å²) in [5.41, 5.74) is 1.40. The summed E-state index contributed by atoms with van der Waals surface area (Å²) >= 11 is 0. The summed E-state index contributed by atoms with van der Waals surface area (Å²) in [4.78, 5) is 0. The molecule has 0 radical (unpaired) electrons. The average Bonchev–Trinajstić information content (AvgIpc) is 2.90. The van der Waals surface area contributed by atoms with Gasteiger partial charge in [0, 0.05) is 22.6 Å². The minimum absolute atomic E-state index is 0.0180. The molecule has 3 aromatic rings. The number of aryl methyl sites for hydroxylation is 1. The lowest BCUT2D eigenvalue weighted by atomic mass is 9.97. The van der Waals surface area contributed by atoms with Gasteiger partial charge in [-0.2, -0.15) is 0 Å². The maximum atomic E-state index is 15.0. The Balaban J connectivity index is 1.50. The lowest BCUT2D eigenvalue weighted by Gasteiger charge is -2.29. The van der Waals surface area contributed by atoms with Crippen LogP contribution in [0.4, 0.5) is 17.6 Å². The highest BCUT2D eigenvalue weighted by Crippen LogP contribution is 2.35. The molecule has 0 aromatic heterocycles. The van der Waals surface area contributed by atoms with Crippen molar-refractivity contribution >= 4 is 0 Å². The van der Waals surface area contributed by atoms with E-state index in [0.29, 0.717) is 42.7 Å². The van der Waals surface area contributed by atoms with Crippen molar-refractivity contribution in [2.24, 2.45) is 5.92 Å². The summed E-state index contributed by atoms with van der Waals surface area (Å²) in [5, 5.41) is 0. The minimum Gasteiger partial charge on any atom is -0.348 e. The normalized spacial score (nSPS) is 18.2. The van der Waals surface area contributed by atoms with Gasteiger partial charge in [0.2, 0.25) is 0 Å². The lowest BCUT2D eigenvalue weighted by Crippen LogP contribution is -2.27. The van der Waals surface area contributed by atoms with Crippen LogP contribution in [-0.4, -0.2) is 13.2 Å². The standard InChI is InChI=1S/C30H30F4O2/c1-3-5-6-8-19-17-35-30(36-18-19)25-16-15-24(28(33)29(25)34)21-11-9-20(10-12-21)23-14-13-22(7-4-2)26(31)27(23)32/h3,5,9-16,19,30H,4,6-8,17-18H2,1-2H3/b5-3+. The first-order valence-electron chi connectivity index (χ1n) is 12.3. The quantitative estimate of drug-likeness (QED) is 0.229. The molecule has 1 saturated heterocycles. The first kappa shape index (κ1) is 26.1. The fourth-order valence-corrected chi connectivity index (χ4v) is 4.46. The molecule has 0 saturated carbocycles. The summed E-state index contributed by atoms with van der Waals surface area (Å²) < 4.78 is 70.4. The number of allylic oxidation sites excluding steroid dienone is 2. The van der Waals surface area contributed by atoms with Crippen LogP contribution in [0.2, 0.25) is 0 Å². The molecule has 6 heteroatoms. The van der Waals surface area contributed by atoms with E-state index < -0.39 is 29.6 Å². The molecule has 0 amide bonds. The van der Waals surface area contributed by atoms with Gasteiger partial charge >= 0.3 is 0 Å². The van der Waals surface area contributed by atoms with E-state index >= 15 is 4.39 Å². The van der Waals surface area contributed by atoms with Gasteiger partial charge in [0.15, 0.2) is 29.6 Å². The van der Waals surface area contributed by atoms with Crippen molar-refractivity contribution in [2.75, 3.05) is 13.2 Å². The smallest absolute Gasteiger partial charge is 0.186 e. The summed E-state index contributed by atoms with van der Waals surface area (Å²) in [7, 11) is 0. The average molecular weight is 499 g/mol. The molecule has 4 rings (SSSR count). The molecule has 0 aliphatic carbocycles. The maximum absolute atomic E-state index is 15.0. The van der Waals surface area contributed by atoms with Crippen LogP contribution >= 0.6 is 0 Å². The Morgan fingerprint density at radius 1 is 0.778 bits per heavy atom. The second-order valence-electron chi connectivity index (χ2n) is 9.07. The van der Waals surface area contributed by atoms with Gasteiger partial charge in [-0.1, -0.05) is 74.0 Å². The van der Waals surface area contributed by atoms with Gasteiger partial charge in [-0.15, -0.1) is 0 Å². The Morgan fingerprint density at radius 2 is 1.36 bits per heavy atom. The highest BCUT2D eigenvalue weighted by Gasteiger charge is 2.28. The molecule has 0 unspecified atom stereocenters. The molecule has 1 aliphatic heterocycles. The second-order valence-corrected chi connectivity index (χ2v) is 9.07. The van der Waals surface area contributed by atoms with Gasteiger partial charge in [-0.3, -0.25) is 0 Å². The summed E-state index contributed by atoms with van der Waals surface area (Å²) in [6, 6.07) is 12.3. The molecular weight excluding hydrogens is 468 g/mol. The van der Waals surface area contributed by atoms with Crippen LogP contribution in [0.5, 0.6) is 0 Å². The monoisotopic (exact) mass is 498 g/mol. The third-order valence-corrected chi connectivity index (χ3v) is 6.50. The van der Waals surface area contributed by atoms with E-state index in [1.54, 1.807) is 36.4 Å². The summed E-state index contributed by atoms with van der Waals surface area (Å²) in [5.74, 6) is -3.58. The Morgan fingerprint density at radius 3 is 1.94 bits per heavy atom. The van der Waals surface area contributed by atoms with Crippen LogP contribution in [0, 0.1) is 29.2 Å². The molecule has 0 spiro atoms. The van der Waals surface area contributed by atoms with Crippen LogP contribution in [0.15, 0.2) is 60.7 Å². The van der Waals surface area contributed by atoms with Crippen LogP contribution in [0.25, 0.3) is 22.3 Å². The molecule has 1 fully saturated rings. The molecule has 2 nitrogen and oxygen atoms in total. The Kier molecular flexibility index (Phi) is 8.60. The van der Waals surface area contributed by atoms with E-state index in [4.69, 9.17) is 9.47 Å². The van der Waals surface area contributed by atoms with Crippen molar-refractivity contribution in [3.8, 4) is 22.3 Å². The fourth-order valence-electron chi connectivity index (χ4n) is 4.46. The van der Waals surface area contributed by atoms with Crippen molar-refractivity contribution in [3.05, 3.63) is 95.1 Å². The predicted octanol–water partition coefficient (Wildman–Crippen LogP) is 8.55. The van der Waals surface area contributed by atoms with Crippen LogP contribution in [0.3, 0.4) is 0 Å². The van der Waals surface area contributed by atoms with E-state index in [9.17, 15) is 13.2 Å². The number of ether oxygens (including phenoxy) is 2. The minimum atomic E-state index is -1.02. The molecule has 190 valence electrons. The third-order valence-electron chi connectivity index (χ3n) is 6.50. The third kappa shape index (κ3) is 5.55. The zero-order chi connectivity index (χ0) is 25.7. The number of hydrogen-bond acceptors (Lipinski definition) is 2. The van der Waals surface area contributed by atoms with E-state index in [0.717, 1.165) is 12.8 Å². The molecule has 0 atom stereocenters. The molecule has 3 aromatic carbocycles. The maximum Gasteiger partial charge on any atom is 0.186 e. The van der Waals surface area contributed by atoms with E-state index in [-0.39, 0.29) is 22.6 Å². The zero-order valence-corrected chi connectivity index (χ0v) is 20.5. The Hall–Kier alpha value is -2.96. The molecule has 0 bridgehead atoms. The fraction of sp³-hybridized carbons (Fsp3) is 0.333. The van der Waals surface area contributed by atoms with Crippen LogP contribution in [-0.2, 0) is 15.9 Å². The molecule has 36 heavy (non-hydrogen) atoms. The van der Waals surface area contributed by atoms with Crippen molar-refractivity contribution in [2.45, 2.75) is 45.8 Å². The first-order valence-corrected chi connectivity index (χ1v) is 12.3. The van der Waals surface area contributed by atoms with Gasteiger partial charge in [-0.05, 0) is 42.9 Å². The lowest BCUT2D eigenvalue weighted by molar-refractivity contribution is -0.207. The van der Waals surface area contributed by atoms with E-state index in [1.807, 2.05) is 19.9 Å². The van der Waals surface area contributed by atoms with Crippen molar-refractivity contribution < 1.29 is 27.0 Å². The van der Waals surface area contributed by atoms with Crippen LogP contribution < -0.4 is 0 Å². The van der Waals surface area contributed by atoms with Gasteiger partial charge in [0.25, 0.3) is 0 Å². The highest BCUT2D eigenvalue weighted by molar-refractivity contribution is 5.71. The van der Waals surface area contributed by atoms with Gasteiger partial charge < -0.3 is 9.47 Å². The SMILES string of the molecule is C/C=C/CCC1COC(c2ccc(-c3ccc(-c4ccc(CCC)c(F)c4F)cc3)c(F)c2F)OC1. The Bertz CT molecular complexity index is 1210. The molecule has 1 aliphatic rings. The van der Waals surface area contributed by atoms with E-state index in [2.05, 4.69) is 6.08 Å². The Labute approximate surface area is 209 Å². The molecule has 1 heterocycles. The second kappa shape index (κ2) is 11.8. The highest BCUT2D eigenvalue weighted by atomic mass is 19.2. The number of halogens is 4. The van der Waals surface area contributed by atoms with Crippen molar-refractivity contribution in [1.29, 1.82) is 0 Å². The molecular formula is C30H30F4O2.